The zero-order chi connectivity index (χ0) is 10.8. The summed E-state index contributed by atoms with van der Waals surface area (Å²) in [4.78, 5) is 0. The maximum absolute atomic E-state index is 9.37. The normalized spacial score (nSPS) is 16.3. The molecular formula is C13H18O2. The van der Waals surface area contributed by atoms with Crippen molar-refractivity contribution in [3.8, 4) is 5.75 Å². The van der Waals surface area contributed by atoms with E-state index in [2.05, 4.69) is 26.0 Å². The molecule has 82 valence electrons. The second-order valence-corrected chi connectivity index (χ2v) is 4.50. The van der Waals surface area contributed by atoms with Crippen LogP contribution in [0.25, 0.3) is 0 Å². The number of ether oxygens (including phenoxy) is 1. The largest absolute Gasteiger partial charge is 0.493 e. The summed E-state index contributed by atoms with van der Waals surface area (Å²) in [7, 11) is 0. The second-order valence-electron chi connectivity index (χ2n) is 4.50. The molecule has 1 aromatic rings. The third kappa shape index (κ3) is 2.00. The van der Waals surface area contributed by atoms with Gasteiger partial charge in [-0.2, -0.15) is 0 Å². The Kier molecular flexibility index (Phi) is 2.96. The van der Waals surface area contributed by atoms with E-state index in [0.717, 1.165) is 18.8 Å². The Balaban J connectivity index is 2.28. The molecule has 0 saturated carbocycles. The van der Waals surface area contributed by atoms with Crippen molar-refractivity contribution in [1.29, 1.82) is 0 Å². The molecule has 1 N–H and O–H groups in total. The van der Waals surface area contributed by atoms with E-state index in [9.17, 15) is 5.11 Å². The Morgan fingerprint density at radius 3 is 2.87 bits per heavy atom. The van der Waals surface area contributed by atoms with E-state index in [0.29, 0.717) is 5.92 Å². The van der Waals surface area contributed by atoms with E-state index in [4.69, 9.17) is 4.74 Å². The summed E-state index contributed by atoms with van der Waals surface area (Å²) in [6.07, 6.45) is 0.999. The number of hydrogen-bond donors (Lipinski definition) is 1. The van der Waals surface area contributed by atoms with Crippen LogP contribution in [-0.4, -0.2) is 18.3 Å². The van der Waals surface area contributed by atoms with Crippen LogP contribution < -0.4 is 4.74 Å². The van der Waals surface area contributed by atoms with Crippen LogP contribution in [0.3, 0.4) is 0 Å². The van der Waals surface area contributed by atoms with Crippen LogP contribution >= 0.6 is 0 Å². The van der Waals surface area contributed by atoms with E-state index >= 15 is 0 Å². The summed E-state index contributed by atoms with van der Waals surface area (Å²) in [6.45, 7) is 5.30. The molecule has 0 bridgehead atoms. The van der Waals surface area contributed by atoms with Crippen LogP contribution in [0.1, 0.15) is 30.9 Å². The molecule has 0 saturated heterocycles. The van der Waals surface area contributed by atoms with Gasteiger partial charge in [0.25, 0.3) is 0 Å². The molecule has 1 aliphatic heterocycles. The Morgan fingerprint density at radius 1 is 1.40 bits per heavy atom. The lowest BCUT2D eigenvalue weighted by Gasteiger charge is -2.19. The molecule has 0 aliphatic carbocycles. The minimum Gasteiger partial charge on any atom is -0.493 e. The topological polar surface area (TPSA) is 29.5 Å². The molecule has 2 heteroatoms. The summed E-state index contributed by atoms with van der Waals surface area (Å²) in [5.41, 5.74) is 2.52. The van der Waals surface area contributed by atoms with Crippen molar-refractivity contribution >= 4 is 0 Å². The lowest BCUT2D eigenvalue weighted by molar-refractivity contribution is 0.237. The zero-order valence-electron chi connectivity index (χ0n) is 9.36. The van der Waals surface area contributed by atoms with Gasteiger partial charge in [0.2, 0.25) is 0 Å². The molecule has 0 fully saturated rings. The fourth-order valence-corrected chi connectivity index (χ4v) is 2.14. The number of rotatable bonds is 3. The monoisotopic (exact) mass is 206 g/mol. The molecule has 2 rings (SSSR count). The van der Waals surface area contributed by atoms with Crippen molar-refractivity contribution in [1.82, 2.24) is 0 Å². The fraction of sp³-hybridized carbons (Fsp3) is 0.538. The molecule has 0 radical (unpaired) electrons. The maximum Gasteiger partial charge on any atom is 0.122 e. The number of aliphatic hydroxyl groups excluding tert-OH is 1. The van der Waals surface area contributed by atoms with Gasteiger partial charge in [-0.3, -0.25) is 0 Å². The van der Waals surface area contributed by atoms with Crippen LogP contribution in [0.2, 0.25) is 0 Å². The van der Waals surface area contributed by atoms with Gasteiger partial charge in [0.05, 0.1) is 13.2 Å². The van der Waals surface area contributed by atoms with Crippen molar-refractivity contribution in [2.75, 3.05) is 13.2 Å². The van der Waals surface area contributed by atoms with Gasteiger partial charge >= 0.3 is 0 Å². The predicted molar refractivity (Wildman–Crippen MR) is 60.3 cm³/mol. The molecular weight excluding hydrogens is 188 g/mol. The van der Waals surface area contributed by atoms with Crippen molar-refractivity contribution < 1.29 is 9.84 Å². The Labute approximate surface area is 90.9 Å². The average molecular weight is 206 g/mol. The van der Waals surface area contributed by atoms with Crippen molar-refractivity contribution in [2.45, 2.75) is 26.2 Å². The SMILES string of the molecule is CC(C)C(CO)c1ccc2c(c1)CCO2. The Hall–Kier alpha value is -1.02. The smallest absolute Gasteiger partial charge is 0.122 e. The number of hydrogen-bond acceptors (Lipinski definition) is 2. The van der Waals surface area contributed by atoms with Crippen LogP contribution in [0.4, 0.5) is 0 Å². The van der Waals surface area contributed by atoms with Gasteiger partial charge in [-0.1, -0.05) is 26.0 Å². The van der Waals surface area contributed by atoms with E-state index in [-0.39, 0.29) is 12.5 Å². The van der Waals surface area contributed by atoms with E-state index in [1.165, 1.54) is 11.1 Å². The van der Waals surface area contributed by atoms with E-state index in [1.807, 2.05) is 6.07 Å². The summed E-state index contributed by atoms with van der Waals surface area (Å²) in [5.74, 6) is 1.73. The van der Waals surface area contributed by atoms with Crippen LogP contribution in [0.5, 0.6) is 5.75 Å². The summed E-state index contributed by atoms with van der Waals surface area (Å²) in [5, 5.41) is 9.37. The number of fused-ring (bicyclic) bond motifs is 1. The van der Waals surface area contributed by atoms with E-state index in [1.54, 1.807) is 0 Å². The summed E-state index contributed by atoms with van der Waals surface area (Å²) < 4.78 is 5.46. The highest BCUT2D eigenvalue weighted by Crippen LogP contribution is 2.31. The summed E-state index contributed by atoms with van der Waals surface area (Å²) in [6, 6.07) is 6.29. The highest BCUT2D eigenvalue weighted by molar-refractivity contribution is 5.41. The van der Waals surface area contributed by atoms with Gasteiger partial charge in [-0.15, -0.1) is 0 Å². The first-order chi connectivity index (χ1) is 7.22. The lowest BCUT2D eigenvalue weighted by atomic mass is 9.88. The van der Waals surface area contributed by atoms with Gasteiger partial charge in [0.1, 0.15) is 5.75 Å². The third-order valence-electron chi connectivity index (χ3n) is 3.14. The zero-order valence-corrected chi connectivity index (χ0v) is 9.36. The van der Waals surface area contributed by atoms with Crippen LogP contribution in [-0.2, 0) is 6.42 Å². The van der Waals surface area contributed by atoms with Gasteiger partial charge < -0.3 is 9.84 Å². The van der Waals surface area contributed by atoms with Crippen molar-refractivity contribution in [2.24, 2.45) is 5.92 Å². The van der Waals surface area contributed by atoms with Crippen molar-refractivity contribution in [3.63, 3.8) is 0 Å². The predicted octanol–water partition coefficient (Wildman–Crippen LogP) is 2.35. The first-order valence-corrected chi connectivity index (χ1v) is 5.59. The van der Waals surface area contributed by atoms with Crippen LogP contribution in [0.15, 0.2) is 18.2 Å². The molecule has 1 heterocycles. The second kappa shape index (κ2) is 4.23. The van der Waals surface area contributed by atoms with Gasteiger partial charge in [-0.25, -0.2) is 0 Å². The van der Waals surface area contributed by atoms with Crippen molar-refractivity contribution in [3.05, 3.63) is 29.3 Å². The van der Waals surface area contributed by atoms with Gasteiger partial charge in [0, 0.05) is 12.3 Å². The van der Waals surface area contributed by atoms with Gasteiger partial charge in [0.15, 0.2) is 0 Å². The van der Waals surface area contributed by atoms with Crippen LogP contribution in [0, 0.1) is 5.92 Å². The first kappa shape index (κ1) is 10.5. The standard InChI is InChI=1S/C13H18O2/c1-9(2)12(8-14)10-3-4-13-11(7-10)5-6-15-13/h3-4,7,9,12,14H,5-6,8H2,1-2H3. The summed E-state index contributed by atoms with van der Waals surface area (Å²) >= 11 is 0. The highest BCUT2D eigenvalue weighted by Gasteiger charge is 2.18. The minimum atomic E-state index is 0.220. The number of aliphatic hydroxyl groups is 1. The molecule has 0 spiro atoms. The molecule has 1 aliphatic rings. The van der Waals surface area contributed by atoms with E-state index < -0.39 is 0 Å². The van der Waals surface area contributed by atoms with Gasteiger partial charge in [-0.05, 0) is 23.1 Å². The lowest BCUT2D eigenvalue weighted by Crippen LogP contribution is -2.11. The molecule has 1 unspecified atom stereocenters. The molecule has 0 amide bonds. The molecule has 0 aromatic heterocycles. The number of benzene rings is 1. The molecule has 15 heavy (non-hydrogen) atoms. The Morgan fingerprint density at radius 2 is 2.20 bits per heavy atom. The quantitative estimate of drug-likeness (QED) is 0.822. The first-order valence-electron chi connectivity index (χ1n) is 5.59. The molecule has 1 atom stereocenters. The maximum atomic E-state index is 9.37. The fourth-order valence-electron chi connectivity index (χ4n) is 2.14. The molecule has 1 aromatic carbocycles. The average Bonchev–Trinajstić information content (AvgIpc) is 2.65. The Bertz CT molecular complexity index is 344. The third-order valence-corrected chi connectivity index (χ3v) is 3.14. The highest BCUT2D eigenvalue weighted by atomic mass is 16.5. The minimum absolute atomic E-state index is 0.220. The molecule has 2 nitrogen and oxygen atoms in total.